The quantitative estimate of drug-likeness (QED) is 0.890. The minimum atomic E-state index is -0.0106. The predicted octanol–water partition coefficient (Wildman–Crippen LogP) is 1.25. The summed E-state index contributed by atoms with van der Waals surface area (Å²) in [6.07, 6.45) is 6.37. The van der Waals surface area contributed by atoms with E-state index < -0.39 is 0 Å². The molecule has 22 heavy (non-hydrogen) atoms. The topological polar surface area (TPSA) is 46.5 Å². The van der Waals surface area contributed by atoms with Gasteiger partial charge >= 0.3 is 0 Å². The minimum absolute atomic E-state index is 0.0106. The molecule has 0 aromatic carbocycles. The summed E-state index contributed by atoms with van der Waals surface area (Å²) in [6, 6.07) is 3.73. The number of ether oxygens (including phenoxy) is 1. The van der Waals surface area contributed by atoms with Gasteiger partial charge in [-0.15, -0.1) is 0 Å². The van der Waals surface area contributed by atoms with Crippen molar-refractivity contribution in [2.75, 3.05) is 26.2 Å². The van der Waals surface area contributed by atoms with E-state index in [2.05, 4.69) is 10.2 Å². The molecule has 5 heteroatoms. The summed E-state index contributed by atoms with van der Waals surface area (Å²) < 4.78 is 7.99. The highest BCUT2D eigenvalue weighted by Crippen LogP contribution is 2.36. The largest absolute Gasteiger partial charge is 0.371 e. The number of likely N-dealkylation sites (tertiary alicyclic amines) is 1. The molecule has 1 saturated carbocycles. The molecule has 3 fully saturated rings. The van der Waals surface area contributed by atoms with E-state index in [9.17, 15) is 4.79 Å². The monoisotopic (exact) mass is 303 g/mol. The standard InChI is InChI=1S/C17H25N3O2/c1-19-6-2-3-15(19)17(21)18-8-14-7-13-10-20(9-12-4-5-12)11-16(13)22-14/h2-3,6,12-14,16H,4-5,7-11H2,1H3,(H,18,21)/t13-,14-,16+/m1/s1. The molecule has 1 amide bonds. The third kappa shape index (κ3) is 2.92. The molecule has 0 radical (unpaired) electrons. The first-order valence-electron chi connectivity index (χ1n) is 8.46. The van der Waals surface area contributed by atoms with E-state index in [0.29, 0.717) is 24.3 Å². The van der Waals surface area contributed by atoms with Crippen LogP contribution in [-0.4, -0.2) is 53.8 Å². The second kappa shape index (κ2) is 5.70. The fourth-order valence-electron chi connectivity index (χ4n) is 3.89. The molecule has 120 valence electrons. The Kier molecular flexibility index (Phi) is 3.70. The molecule has 2 saturated heterocycles. The van der Waals surface area contributed by atoms with Gasteiger partial charge in [0.2, 0.25) is 0 Å². The summed E-state index contributed by atoms with van der Waals surface area (Å²) in [7, 11) is 1.89. The summed E-state index contributed by atoms with van der Waals surface area (Å²) >= 11 is 0. The Bertz CT molecular complexity index is 538. The number of hydrogen-bond donors (Lipinski definition) is 1. The number of nitrogens with one attached hydrogen (secondary N) is 1. The zero-order chi connectivity index (χ0) is 15.1. The van der Waals surface area contributed by atoms with Crippen molar-refractivity contribution < 1.29 is 9.53 Å². The number of nitrogens with zero attached hydrogens (tertiary/aromatic N) is 2. The van der Waals surface area contributed by atoms with E-state index in [1.165, 1.54) is 25.9 Å². The molecule has 0 spiro atoms. The number of aryl methyl sites for hydroxylation is 1. The van der Waals surface area contributed by atoms with Gasteiger partial charge in [0, 0.05) is 45.3 Å². The van der Waals surface area contributed by atoms with Gasteiger partial charge in [-0.2, -0.15) is 0 Å². The first kappa shape index (κ1) is 14.3. The Morgan fingerprint density at radius 2 is 2.27 bits per heavy atom. The minimum Gasteiger partial charge on any atom is -0.371 e. The lowest BCUT2D eigenvalue weighted by atomic mass is 10.0. The van der Waals surface area contributed by atoms with Crippen LogP contribution in [0.25, 0.3) is 0 Å². The third-order valence-corrected chi connectivity index (χ3v) is 5.27. The Labute approximate surface area is 131 Å². The van der Waals surface area contributed by atoms with Crippen molar-refractivity contribution in [3.8, 4) is 0 Å². The van der Waals surface area contributed by atoms with E-state index >= 15 is 0 Å². The van der Waals surface area contributed by atoms with Crippen molar-refractivity contribution in [2.45, 2.75) is 31.5 Å². The molecule has 1 N–H and O–H groups in total. The molecule has 3 heterocycles. The highest BCUT2D eigenvalue weighted by molar-refractivity contribution is 5.92. The van der Waals surface area contributed by atoms with Crippen LogP contribution in [0.5, 0.6) is 0 Å². The predicted molar refractivity (Wildman–Crippen MR) is 83.7 cm³/mol. The fourth-order valence-corrected chi connectivity index (χ4v) is 3.89. The maximum absolute atomic E-state index is 12.1. The Balaban J connectivity index is 1.23. The number of hydrogen-bond acceptors (Lipinski definition) is 3. The molecule has 3 atom stereocenters. The van der Waals surface area contributed by atoms with Crippen LogP contribution in [0, 0.1) is 11.8 Å². The molecule has 5 nitrogen and oxygen atoms in total. The molecular formula is C17H25N3O2. The van der Waals surface area contributed by atoms with Gasteiger partial charge in [-0.3, -0.25) is 4.79 Å². The summed E-state index contributed by atoms with van der Waals surface area (Å²) in [5.74, 6) is 1.61. The van der Waals surface area contributed by atoms with E-state index in [4.69, 9.17) is 4.74 Å². The molecule has 2 aliphatic heterocycles. The van der Waals surface area contributed by atoms with E-state index in [1.807, 2.05) is 29.9 Å². The molecule has 4 rings (SSSR count). The Hall–Kier alpha value is -1.33. The summed E-state index contributed by atoms with van der Waals surface area (Å²) in [4.78, 5) is 14.7. The van der Waals surface area contributed by atoms with E-state index in [0.717, 1.165) is 18.9 Å². The van der Waals surface area contributed by atoms with Crippen molar-refractivity contribution in [1.29, 1.82) is 0 Å². The Morgan fingerprint density at radius 3 is 2.95 bits per heavy atom. The highest BCUT2D eigenvalue weighted by Gasteiger charge is 2.42. The van der Waals surface area contributed by atoms with Crippen LogP contribution in [0.4, 0.5) is 0 Å². The molecule has 0 bridgehead atoms. The highest BCUT2D eigenvalue weighted by atomic mass is 16.5. The molecule has 1 aliphatic carbocycles. The van der Waals surface area contributed by atoms with Crippen molar-refractivity contribution in [2.24, 2.45) is 18.9 Å². The van der Waals surface area contributed by atoms with Gasteiger partial charge in [0.05, 0.1) is 12.2 Å². The van der Waals surface area contributed by atoms with Gasteiger partial charge < -0.3 is 19.5 Å². The van der Waals surface area contributed by atoms with Crippen LogP contribution in [-0.2, 0) is 11.8 Å². The lowest BCUT2D eigenvalue weighted by Gasteiger charge is -2.19. The van der Waals surface area contributed by atoms with Gasteiger partial charge in [-0.05, 0) is 37.3 Å². The number of rotatable bonds is 5. The number of amides is 1. The first-order valence-corrected chi connectivity index (χ1v) is 8.46. The van der Waals surface area contributed by atoms with Crippen LogP contribution in [0.15, 0.2) is 18.3 Å². The van der Waals surface area contributed by atoms with Gasteiger partial charge in [-0.25, -0.2) is 0 Å². The van der Waals surface area contributed by atoms with Crippen molar-refractivity contribution >= 4 is 5.91 Å². The van der Waals surface area contributed by atoms with Crippen molar-refractivity contribution in [3.05, 3.63) is 24.0 Å². The number of carbonyl (C=O) groups excluding carboxylic acids is 1. The van der Waals surface area contributed by atoms with Crippen LogP contribution < -0.4 is 5.32 Å². The average molecular weight is 303 g/mol. The van der Waals surface area contributed by atoms with Crippen LogP contribution in [0.3, 0.4) is 0 Å². The smallest absolute Gasteiger partial charge is 0.267 e. The van der Waals surface area contributed by atoms with Crippen LogP contribution in [0.2, 0.25) is 0 Å². The lowest BCUT2D eigenvalue weighted by Crippen LogP contribution is -2.34. The molecule has 0 unspecified atom stereocenters. The van der Waals surface area contributed by atoms with Crippen LogP contribution in [0.1, 0.15) is 29.8 Å². The van der Waals surface area contributed by atoms with Crippen molar-refractivity contribution in [3.63, 3.8) is 0 Å². The SMILES string of the molecule is Cn1cccc1C(=O)NC[C@H]1C[C@@H]2CN(CC3CC3)C[C@@H]2O1. The molecular weight excluding hydrogens is 278 g/mol. The maximum Gasteiger partial charge on any atom is 0.267 e. The van der Waals surface area contributed by atoms with E-state index in [-0.39, 0.29) is 12.0 Å². The zero-order valence-electron chi connectivity index (χ0n) is 13.2. The molecule has 3 aliphatic rings. The van der Waals surface area contributed by atoms with Gasteiger partial charge in [0.1, 0.15) is 5.69 Å². The summed E-state index contributed by atoms with van der Waals surface area (Å²) in [5.41, 5.74) is 0.703. The van der Waals surface area contributed by atoms with Gasteiger partial charge in [0.15, 0.2) is 0 Å². The number of carbonyl (C=O) groups is 1. The van der Waals surface area contributed by atoms with Crippen molar-refractivity contribution in [1.82, 2.24) is 14.8 Å². The zero-order valence-corrected chi connectivity index (χ0v) is 13.2. The fraction of sp³-hybridized carbons (Fsp3) is 0.706. The first-order chi connectivity index (χ1) is 10.7. The maximum atomic E-state index is 12.1. The second-order valence-corrected chi connectivity index (χ2v) is 7.17. The Morgan fingerprint density at radius 1 is 1.41 bits per heavy atom. The number of aromatic nitrogens is 1. The van der Waals surface area contributed by atoms with Gasteiger partial charge in [-0.1, -0.05) is 0 Å². The van der Waals surface area contributed by atoms with Crippen LogP contribution >= 0.6 is 0 Å². The molecule has 1 aromatic heterocycles. The summed E-state index contributed by atoms with van der Waals surface area (Å²) in [6.45, 7) is 4.16. The second-order valence-electron chi connectivity index (χ2n) is 7.17. The molecule has 1 aromatic rings. The average Bonchev–Trinajstić information content (AvgIpc) is 2.88. The summed E-state index contributed by atoms with van der Waals surface area (Å²) in [5, 5.41) is 3.01. The third-order valence-electron chi connectivity index (χ3n) is 5.27. The van der Waals surface area contributed by atoms with E-state index in [1.54, 1.807) is 0 Å². The van der Waals surface area contributed by atoms with Gasteiger partial charge in [0.25, 0.3) is 5.91 Å². The normalized spacial score (nSPS) is 31.4. The number of fused-ring (bicyclic) bond motifs is 1. The lowest BCUT2D eigenvalue weighted by molar-refractivity contribution is 0.0374.